The highest BCUT2D eigenvalue weighted by Crippen LogP contribution is 2.43. The molecule has 0 aliphatic heterocycles. The molecule has 62 heavy (non-hydrogen) atoms. The van der Waals surface area contributed by atoms with Crippen LogP contribution >= 0.6 is 7.82 Å². The summed E-state index contributed by atoms with van der Waals surface area (Å²) in [6.07, 6.45) is 51.0. The maximum Gasteiger partial charge on any atom is 0.472 e. The molecule has 9 nitrogen and oxygen atoms in total. The molecule has 0 aliphatic rings. The van der Waals surface area contributed by atoms with Crippen LogP contribution in [0, 0.1) is 0 Å². The number of ether oxygens (including phenoxy) is 2. The third-order valence-electron chi connectivity index (χ3n) is 11.5. The monoisotopic (exact) mass is 899 g/mol. The number of nitrogens with zero attached hydrogens (tertiary/aromatic N) is 1. The van der Waals surface area contributed by atoms with E-state index in [9.17, 15) is 19.0 Å². The molecule has 0 saturated carbocycles. The summed E-state index contributed by atoms with van der Waals surface area (Å²) in [6.45, 7) is 4.42. The zero-order chi connectivity index (χ0) is 45.7. The summed E-state index contributed by atoms with van der Waals surface area (Å²) in [5.41, 5.74) is 0. The van der Waals surface area contributed by atoms with Gasteiger partial charge in [0.2, 0.25) is 0 Å². The first kappa shape index (κ1) is 60.5. The van der Waals surface area contributed by atoms with Crippen LogP contribution in [0.3, 0.4) is 0 Å². The second-order valence-corrected chi connectivity index (χ2v) is 20.4. The Morgan fingerprint density at radius 1 is 0.500 bits per heavy atom. The smallest absolute Gasteiger partial charge is 0.462 e. The third-order valence-corrected chi connectivity index (χ3v) is 12.5. The normalized spacial score (nSPS) is 13.6. The van der Waals surface area contributed by atoms with Crippen molar-refractivity contribution in [1.29, 1.82) is 0 Å². The Kier molecular flexibility index (Phi) is 43.6. The Hall–Kier alpha value is -1.51. The minimum atomic E-state index is -4.38. The van der Waals surface area contributed by atoms with Gasteiger partial charge in [-0.15, -0.1) is 0 Å². The number of phosphoric ester groups is 1. The maximum atomic E-state index is 12.8. The van der Waals surface area contributed by atoms with Gasteiger partial charge in [0.1, 0.15) is 19.8 Å². The number of quaternary nitrogens is 1. The lowest BCUT2D eigenvalue weighted by molar-refractivity contribution is -0.870. The highest BCUT2D eigenvalue weighted by Gasteiger charge is 2.27. The molecule has 1 unspecified atom stereocenters. The molecule has 0 radical (unpaired) electrons. The Morgan fingerprint density at radius 3 is 1.31 bits per heavy atom. The van der Waals surface area contributed by atoms with Crippen molar-refractivity contribution >= 4 is 19.8 Å². The van der Waals surface area contributed by atoms with Crippen molar-refractivity contribution in [2.24, 2.45) is 0 Å². The molecule has 0 rings (SSSR count). The number of phosphoric acid groups is 1. The van der Waals surface area contributed by atoms with Crippen LogP contribution in [0.4, 0.5) is 0 Å². The van der Waals surface area contributed by atoms with Gasteiger partial charge in [-0.05, 0) is 44.9 Å². The van der Waals surface area contributed by atoms with Gasteiger partial charge in [0.25, 0.3) is 0 Å². The van der Waals surface area contributed by atoms with Crippen LogP contribution < -0.4 is 0 Å². The average molecular weight is 899 g/mol. The van der Waals surface area contributed by atoms with E-state index in [0.29, 0.717) is 23.9 Å². The number of hydrogen-bond donors (Lipinski definition) is 1. The molecule has 0 aromatic carbocycles. The van der Waals surface area contributed by atoms with Crippen LogP contribution in [-0.2, 0) is 32.7 Å². The number of rotatable bonds is 48. The summed E-state index contributed by atoms with van der Waals surface area (Å²) in [5.74, 6) is -0.824. The lowest BCUT2D eigenvalue weighted by Gasteiger charge is -2.24. The molecule has 366 valence electrons. The Balaban J connectivity index is 4.21. The number of esters is 2. The van der Waals surface area contributed by atoms with E-state index in [0.717, 1.165) is 38.5 Å². The predicted molar refractivity (Wildman–Crippen MR) is 261 cm³/mol. The average Bonchev–Trinajstić information content (AvgIpc) is 3.23. The van der Waals surface area contributed by atoms with Crippen LogP contribution in [0.2, 0.25) is 0 Å². The second kappa shape index (κ2) is 44.7. The van der Waals surface area contributed by atoms with Crippen LogP contribution in [0.1, 0.15) is 245 Å². The SMILES string of the molecule is CCCCCCCC/C=C/C/C=C/CCCCC(=O)OC[C@H](COP(=O)(O)OCC[N+](C)(C)C)OC(=O)CCCCCCCCCCCCCCCCCCCCCCCCC. The Morgan fingerprint density at radius 2 is 0.871 bits per heavy atom. The molecule has 0 fully saturated rings. The molecule has 10 heteroatoms. The van der Waals surface area contributed by atoms with Crippen molar-refractivity contribution in [2.45, 2.75) is 251 Å². The van der Waals surface area contributed by atoms with E-state index in [4.69, 9.17) is 18.5 Å². The number of carbonyl (C=O) groups is 2. The van der Waals surface area contributed by atoms with Crippen LogP contribution in [0.5, 0.6) is 0 Å². The van der Waals surface area contributed by atoms with Gasteiger partial charge in [-0.3, -0.25) is 18.6 Å². The van der Waals surface area contributed by atoms with Crippen LogP contribution in [0.25, 0.3) is 0 Å². The fourth-order valence-electron chi connectivity index (χ4n) is 7.40. The van der Waals surface area contributed by atoms with Crippen LogP contribution in [0.15, 0.2) is 24.3 Å². The molecular formula is C52H101NO8P+. The highest BCUT2D eigenvalue weighted by atomic mass is 31.2. The molecular weight excluding hydrogens is 798 g/mol. The van der Waals surface area contributed by atoms with Gasteiger partial charge in [0.15, 0.2) is 6.10 Å². The van der Waals surface area contributed by atoms with Crippen molar-refractivity contribution in [2.75, 3.05) is 47.5 Å². The zero-order valence-corrected chi connectivity index (χ0v) is 42.3. The number of hydrogen-bond acceptors (Lipinski definition) is 7. The number of likely N-dealkylation sites (N-methyl/N-ethyl adjacent to an activating group) is 1. The summed E-state index contributed by atoms with van der Waals surface area (Å²) in [5, 5.41) is 0. The summed E-state index contributed by atoms with van der Waals surface area (Å²) in [7, 11) is 1.47. The van der Waals surface area contributed by atoms with E-state index < -0.39 is 32.5 Å². The van der Waals surface area contributed by atoms with Crippen molar-refractivity contribution in [3.05, 3.63) is 24.3 Å². The van der Waals surface area contributed by atoms with E-state index in [-0.39, 0.29) is 26.1 Å². The first-order chi connectivity index (χ1) is 30.0. The summed E-state index contributed by atoms with van der Waals surface area (Å²) in [4.78, 5) is 35.5. The molecule has 1 N–H and O–H groups in total. The number of allylic oxidation sites excluding steroid dienone is 4. The standard InChI is InChI=1S/C52H100NO8P/c1-6-8-10-12-14-16-18-20-22-23-24-25-26-27-28-29-31-33-35-37-39-41-43-45-52(55)61-50(49-60-62(56,57)59-47-46-53(3,4)5)48-58-51(54)44-42-40-38-36-34-32-30-21-19-17-15-13-11-9-7-2/h21,30,34,36,50H,6-20,22-29,31-33,35,37-49H2,1-5H3/p+1/b30-21+,36-34+/t50-/m1/s1. The molecule has 0 aromatic rings. The van der Waals surface area contributed by atoms with Gasteiger partial charge >= 0.3 is 19.8 Å². The first-order valence-electron chi connectivity index (χ1n) is 26.1. The molecule has 0 aliphatic carbocycles. The number of unbranched alkanes of at least 4 members (excludes halogenated alkanes) is 30. The minimum absolute atomic E-state index is 0.0292. The highest BCUT2D eigenvalue weighted by molar-refractivity contribution is 7.47. The quantitative estimate of drug-likeness (QED) is 0.0211. The van der Waals surface area contributed by atoms with Crippen molar-refractivity contribution in [3.63, 3.8) is 0 Å². The number of carbonyl (C=O) groups excluding carboxylic acids is 2. The molecule has 0 saturated heterocycles. The lowest BCUT2D eigenvalue weighted by Crippen LogP contribution is -2.37. The van der Waals surface area contributed by atoms with E-state index in [1.165, 1.54) is 167 Å². The van der Waals surface area contributed by atoms with E-state index in [1.807, 2.05) is 21.1 Å². The van der Waals surface area contributed by atoms with Gasteiger partial charge in [-0.1, -0.05) is 212 Å². The van der Waals surface area contributed by atoms with E-state index in [2.05, 4.69) is 38.2 Å². The Labute approximate surface area is 383 Å². The first-order valence-corrected chi connectivity index (χ1v) is 27.6. The topological polar surface area (TPSA) is 108 Å². The summed E-state index contributed by atoms with van der Waals surface area (Å²) >= 11 is 0. The van der Waals surface area contributed by atoms with Gasteiger partial charge in [0.05, 0.1) is 27.7 Å². The molecule has 0 amide bonds. The van der Waals surface area contributed by atoms with Gasteiger partial charge in [-0.2, -0.15) is 0 Å². The van der Waals surface area contributed by atoms with E-state index in [1.54, 1.807) is 0 Å². The fraction of sp³-hybridized carbons (Fsp3) is 0.885. The third kappa shape index (κ3) is 48.0. The largest absolute Gasteiger partial charge is 0.472 e. The van der Waals surface area contributed by atoms with E-state index >= 15 is 0 Å². The van der Waals surface area contributed by atoms with Crippen molar-refractivity contribution < 1.29 is 42.1 Å². The summed E-state index contributed by atoms with van der Waals surface area (Å²) < 4.78 is 34.4. The maximum absolute atomic E-state index is 12.8. The molecule has 0 heterocycles. The fourth-order valence-corrected chi connectivity index (χ4v) is 8.14. The Bertz CT molecular complexity index is 1110. The molecule has 0 spiro atoms. The molecule has 0 aromatic heterocycles. The minimum Gasteiger partial charge on any atom is -0.462 e. The zero-order valence-electron chi connectivity index (χ0n) is 41.4. The van der Waals surface area contributed by atoms with Crippen molar-refractivity contribution in [1.82, 2.24) is 0 Å². The summed E-state index contributed by atoms with van der Waals surface area (Å²) in [6, 6.07) is 0. The predicted octanol–water partition coefficient (Wildman–Crippen LogP) is 15.5. The second-order valence-electron chi connectivity index (χ2n) is 18.9. The van der Waals surface area contributed by atoms with Gasteiger partial charge in [-0.25, -0.2) is 4.57 Å². The van der Waals surface area contributed by atoms with Gasteiger partial charge < -0.3 is 18.9 Å². The molecule has 0 bridgehead atoms. The lowest BCUT2D eigenvalue weighted by atomic mass is 10.0. The molecule has 2 atom stereocenters. The van der Waals surface area contributed by atoms with Crippen LogP contribution in [-0.4, -0.2) is 74.9 Å². The van der Waals surface area contributed by atoms with Gasteiger partial charge in [0, 0.05) is 12.8 Å². The van der Waals surface area contributed by atoms with Crippen molar-refractivity contribution in [3.8, 4) is 0 Å².